The number of halogens is 1. The van der Waals surface area contributed by atoms with E-state index < -0.39 is 0 Å². The van der Waals surface area contributed by atoms with Crippen LogP contribution in [0.4, 0.5) is 0 Å². The minimum atomic E-state index is 0.166. The molecule has 1 heterocycles. The smallest absolute Gasteiger partial charge is 0.254 e. The molecule has 0 bridgehead atoms. The van der Waals surface area contributed by atoms with Gasteiger partial charge in [0.15, 0.2) is 0 Å². The maximum absolute atomic E-state index is 12.6. The summed E-state index contributed by atoms with van der Waals surface area (Å²) in [4.78, 5) is 14.6. The van der Waals surface area contributed by atoms with Crippen molar-refractivity contribution in [3.63, 3.8) is 0 Å². The molecule has 2 rings (SSSR count). The summed E-state index contributed by atoms with van der Waals surface area (Å²) >= 11 is 3.49. The molecule has 0 aliphatic carbocycles. The standard InChI is InChI=1S/C15H21BrN2O/c1-11-13(6-3-7-14(11)16)15(19)18-8-4-5-12(10-18)9-17-2/h3,6-7,12,17H,4-5,8-10H2,1-2H3/t12-/m1/s1. The number of carbonyl (C=O) groups excluding carboxylic acids is 1. The number of rotatable bonds is 3. The van der Waals surface area contributed by atoms with Crippen LogP contribution in [0.25, 0.3) is 0 Å². The number of carbonyl (C=O) groups is 1. The Balaban J connectivity index is 2.12. The summed E-state index contributed by atoms with van der Waals surface area (Å²) in [6, 6.07) is 5.83. The quantitative estimate of drug-likeness (QED) is 0.927. The minimum absolute atomic E-state index is 0.166. The first kappa shape index (κ1) is 14.5. The first-order valence-electron chi connectivity index (χ1n) is 6.82. The summed E-state index contributed by atoms with van der Waals surface area (Å²) in [6.07, 6.45) is 2.31. The largest absolute Gasteiger partial charge is 0.338 e. The highest BCUT2D eigenvalue weighted by atomic mass is 79.9. The van der Waals surface area contributed by atoms with Gasteiger partial charge in [-0.25, -0.2) is 0 Å². The molecule has 4 heteroatoms. The molecular weight excluding hydrogens is 304 g/mol. The van der Waals surface area contributed by atoms with E-state index in [1.165, 1.54) is 6.42 Å². The summed E-state index contributed by atoms with van der Waals surface area (Å²) in [7, 11) is 1.97. The van der Waals surface area contributed by atoms with Crippen LogP contribution in [0.15, 0.2) is 22.7 Å². The lowest BCUT2D eigenvalue weighted by Gasteiger charge is -2.33. The summed E-state index contributed by atoms with van der Waals surface area (Å²) in [5.41, 5.74) is 1.85. The number of nitrogens with one attached hydrogen (secondary N) is 1. The zero-order valence-corrected chi connectivity index (χ0v) is 13.2. The Morgan fingerprint density at radius 3 is 3.05 bits per heavy atom. The minimum Gasteiger partial charge on any atom is -0.338 e. The van der Waals surface area contributed by atoms with Crippen LogP contribution in [0.2, 0.25) is 0 Å². The number of piperidine rings is 1. The molecule has 1 saturated heterocycles. The SMILES string of the molecule is CNC[C@H]1CCCN(C(=O)c2cccc(Br)c2C)C1. The molecular formula is C15H21BrN2O. The molecule has 1 aliphatic rings. The first-order valence-corrected chi connectivity index (χ1v) is 7.61. The van der Waals surface area contributed by atoms with E-state index in [0.717, 1.165) is 41.7 Å². The second-order valence-corrected chi connectivity index (χ2v) is 6.08. The monoisotopic (exact) mass is 324 g/mol. The van der Waals surface area contributed by atoms with Crippen LogP contribution in [-0.2, 0) is 0 Å². The van der Waals surface area contributed by atoms with E-state index in [0.29, 0.717) is 5.92 Å². The molecule has 0 saturated carbocycles. The van der Waals surface area contributed by atoms with Gasteiger partial charge in [-0.05, 0) is 57.0 Å². The fourth-order valence-electron chi connectivity index (χ4n) is 2.71. The van der Waals surface area contributed by atoms with Crippen LogP contribution in [0.3, 0.4) is 0 Å². The normalized spacial score (nSPS) is 19.5. The highest BCUT2D eigenvalue weighted by Gasteiger charge is 2.25. The van der Waals surface area contributed by atoms with Crippen molar-refractivity contribution >= 4 is 21.8 Å². The van der Waals surface area contributed by atoms with Crippen molar-refractivity contribution in [2.75, 3.05) is 26.7 Å². The number of nitrogens with zero attached hydrogens (tertiary/aromatic N) is 1. The third-order valence-electron chi connectivity index (χ3n) is 3.80. The lowest BCUT2D eigenvalue weighted by atomic mass is 9.97. The average molecular weight is 325 g/mol. The molecule has 1 aromatic rings. The number of amides is 1. The van der Waals surface area contributed by atoms with Crippen LogP contribution in [-0.4, -0.2) is 37.5 Å². The van der Waals surface area contributed by atoms with Crippen LogP contribution in [0, 0.1) is 12.8 Å². The van der Waals surface area contributed by atoms with E-state index in [1.54, 1.807) is 0 Å². The van der Waals surface area contributed by atoms with Crippen molar-refractivity contribution in [3.05, 3.63) is 33.8 Å². The van der Waals surface area contributed by atoms with Gasteiger partial charge in [-0.1, -0.05) is 22.0 Å². The predicted molar refractivity (Wildman–Crippen MR) is 81.4 cm³/mol. The second-order valence-electron chi connectivity index (χ2n) is 5.23. The Morgan fingerprint density at radius 1 is 1.53 bits per heavy atom. The van der Waals surface area contributed by atoms with Crippen LogP contribution < -0.4 is 5.32 Å². The zero-order chi connectivity index (χ0) is 13.8. The molecule has 0 unspecified atom stereocenters. The topological polar surface area (TPSA) is 32.3 Å². The van der Waals surface area contributed by atoms with E-state index >= 15 is 0 Å². The fourth-order valence-corrected chi connectivity index (χ4v) is 3.08. The van der Waals surface area contributed by atoms with Crippen molar-refractivity contribution in [1.29, 1.82) is 0 Å². The van der Waals surface area contributed by atoms with Gasteiger partial charge in [0.25, 0.3) is 5.91 Å². The maximum atomic E-state index is 12.6. The van der Waals surface area contributed by atoms with Gasteiger partial charge in [0.05, 0.1) is 0 Å². The van der Waals surface area contributed by atoms with Crippen molar-refractivity contribution in [2.45, 2.75) is 19.8 Å². The third-order valence-corrected chi connectivity index (χ3v) is 4.66. The van der Waals surface area contributed by atoms with Gasteiger partial charge >= 0.3 is 0 Å². The lowest BCUT2D eigenvalue weighted by molar-refractivity contribution is 0.0673. The molecule has 1 aliphatic heterocycles. The number of benzene rings is 1. The Morgan fingerprint density at radius 2 is 2.32 bits per heavy atom. The maximum Gasteiger partial charge on any atom is 0.254 e. The van der Waals surface area contributed by atoms with Crippen molar-refractivity contribution in [3.8, 4) is 0 Å². The third kappa shape index (κ3) is 3.37. The van der Waals surface area contributed by atoms with Crippen LogP contribution in [0.5, 0.6) is 0 Å². The molecule has 1 amide bonds. The molecule has 1 atom stereocenters. The van der Waals surface area contributed by atoms with Crippen molar-refractivity contribution in [1.82, 2.24) is 10.2 Å². The summed E-state index contributed by atoms with van der Waals surface area (Å²) < 4.78 is 1.00. The Bertz CT molecular complexity index is 459. The van der Waals surface area contributed by atoms with Gasteiger partial charge in [-0.3, -0.25) is 4.79 Å². The Labute approximate surface area is 123 Å². The molecule has 19 heavy (non-hydrogen) atoms. The number of hydrogen-bond acceptors (Lipinski definition) is 2. The van der Waals surface area contributed by atoms with Crippen LogP contribution >= 0.6 is 15.9 Å². The van der Waals surface area contributed by atoms with E-state index in [2.05, 4.69) is 21.2 Å². The Hall–Kier alpha value is -0.870. The van der Waals surface area contributed by atoms with Crippen molar-refractivity contribution in [2.24, 2.45) is 5.92 Å². The van der Waals surface area contributed by atoms with Gasteiger partial charge in [-0.15, -0.1) is 0 Å². The van der Waals surface area contributed by atoms with Gasteiger partial charge in [0.2, 0.25) is 0 Å². The highest BCUT2D eigenvalue weighted by Crippen LogP contribution is 2.23. The van der Waals surface area contributed by atoms with E-state index in [1.807, 2.05) is 37.1 Å². The van der Waals surface area contributed by atoms with Gasteiger partial charge in [-0.2, -0.15) is 0 Å². The summed E-state index contributed by atoms with van der Waals surface area (Å²) in [5, 5.41) is 3.21. The van der Waals surface area contributed by atoms with Gasteiger partial charge < -0.3 is 10.2 Å². The molecule has 1 N–H and O–H groups in total. The summed E-state index contributed by atoms with van der Waals surface area (Å²) in [6.45, 7) is 4.73. The predicted octanol–water partition coefficient (Wildman–Crippen LogP) is 2.83. The van der Waals surface area contributed by atoms with Gasteiger partial charge in [0, 0.05) is 23.1 Å². The molecule has 0 radical (unpaired) electrons. The second kappa shape index (κ2) is 6.53. The zero-order valence-electron chi connectivity index (χ0n) is 11.6. The average Bonchev–Trinajstić information content (AvgIpc) is 2.42. The number of likely N-dealkylation sites (tertiary alicyclic amines) is 1. The molecule has 0 aromatic heterocycles. The fraction of sp³-hybridized carbons (Fsp3) is 0.533. The van der Waals surface area contributed by atoms with E-state index in [4.69, 9.17) is 0 Å². The molecule has 0 spiro atoms. The lowest BCUT2D eigenvalue weighted by Crippen LogP contribution is -2.42. The van der Waals surface area contributed by atoms with Gasteiger partial charge in [0.1, 0.15) is 0 Å². The molecule has 3 nitrogen and oxygen atoms in total. The van der Waals surface area contributed by atoms with E-state index in [-0.39, 0.29) is 5.91 Å². The van der Waals surface area contributed by atoms with Crippen LogP contribution in [0.1, 0.15) is 28.8 Å². The highest BCUT2D eigenvalue weighted by molar-refractivity contribution is 9.10. The van der Waals surface area contributed by atoms with Crippen molar-refractivity contribution < 1.29 is 4.79 Å². The molecule has 104 valence electrons. The summed E-state index contributed by atoms with van der Waals surface area (Å²) in [5.74, 6) is 0.745. The first-order chi connectivity index (χ1) is 9.13. The van der Waals surface area contributed by atoms with E-state index in [9.17, 15) is 4.79 Å². The molecule has 1 aromatic carbocycles. The Kier molecular flexibility index (Phi) is 4.99. The molecule has 1 fully saturated rings. The number of hydrogen-bond donors (Lipinski definition) is 1.